The lowest BCUT2D eigenvalue weighted by molar-refractivity contribution is 0.354. The molecule has 3 aromatic rings. The molecule has 112 valence electrons. The van der Waals surface area contributed by atoms with E-state index in [1.807, 2.05) is 42.6 Å². The summed E-state index contributed by atoms with van der Waals surface area (Å²) < 4.78 is 10.6. The monoisotopic (exact) mass is 294 g/mol. The Labute approximate surface area is 129 Å². The van der Waals surface area contributed by atoms with E-state index in [-0.39, 0.29) is 0 Å². The molecule has 4 heteroatoms. The summed E-state index contributed by atoms with van der Waals surface area (Å²) >= 11 is 0. The lowest BCUT2D eigenvalue weighted by atomic mass is 10.2. The number of nitrogens with zero attached hydrogens (tertiary/aromatic N) is 1. The van der Waals surface area contributed by atoms with E-state index in [9.17, 15) is 0 Å². The number of nitrogens with one attached hydrogen (secondary N) is 1. The molecule has 22 heavy (non-hydrogen) atoms. The van der Waals surface area contributed by atoms with Crippen molar-refractivity contribution in [1.82, 2.24) is 4.98 Å². The van der Waals surface area contributed by atoms with Crippen LogP contribution in [0.25, 0.3) is 10.9 Å². The fraction of sp³-hybridized carbons (Fsp3) is 0.167. The van der Waals surface area contributed by atoms with Gasteiger partial charge in [0.15, 0.2) is 11.5 Å². The van der Waals surface area contributed by atoms with Gasteiger partial charge < -0.3 is 14.8 Å². The number of hydrogen-bond acceptors (Lipinski definition) is 4. The predicted molar refractivity (Wildman–Crippen MR) is 88.6 cm³/mol. The van der Waals surface area contributed by atoms with Crippen LogP contribution in [0.5, 0.6) is 11.5 Å². The summed E-state index contributed by atoms with van der Waals surface area (Å²) in [6.45, 7) is 0.695. The first-order valence-corrected chi connectivity index (χ1v) is 7.10. The van der Waals surface area contributed by atoms with E-state index in [4.69, 9.17) is 9.47 Å². The zero-order valence-corrected chi connectivity index (χ0v) is 12.7. The summed E-state index contributed by atoms with van der Waals surface area (Å²) in [6, 6.07) is 16.1. The van der Waals surface area contributed by atoms with Gasteiger partial charge in [-0.05, 0) is 29.8 Å². The molecule has 0 saturated heterocycles. The molecule has 0 bridgehead atoms. The van der Waals surface area contributed by atoms with Crippen LogP contribution in [-0.4, -0.2) is 19.2 Å². The maximum Gasteiger partial charge on any atom is 0.161 e. The van der Waals surface area contributed by atoms with Gasteiger partial charge in [-0.2, -0.15) is 0 Å². The highest BCUT2D eigenvalue weighted by Crippen LogP contribution is 2.28. The molecule has 0 atom stereocenters. The number of para-hydroxylation sites is 1. The van der Waals surface area contributed by atoms with Crippen molar-refractivity contribution < 1.29 is 9.47 Å². The molecule has 1 aromatic heterocycles. The van der Waals surface area contributed by atoms with Gasteiger partial charge in [0, 0.05) is 11.9 Å². The summed E-state index contributed by atoms with van der Waals surface area (Å²) in [6.07, 6.45) is 1.85. The van der Waals surface area contributed by atoms with E-state index in [2.05, 4.69) is 22.4 Å². The fourth-order valence-electron chi connectivity index (χ4n) is 2.36. The lowest BCUT2D eigenvalue weighted by Gasteiger charge is -2.11. The molecule has 0 aliphatic heterocycles. The maximum absolute atomic E-state index is 5.32. The van der Waals surface area contributed by atoms with Crippen LogP contribution in [0.1, 0.15) is 5.56 Å². The third-order valence-electron chi connectivity index (χ3n) is 3.54. The Hall–Kier alpha value is -2.75. The molecule has 0 aliphatic carbocycles. The first-order chi connectivity index (χ1) is 10.8. The van der Waals surface area contributed by atoms with Gasteiger partial charge in [0.05, 0.1) is 31.6 Å². The van der Waals surface area contributed by atoms with Crippen LogP contribution in [0.15, 0.2) is 54.7 Å². The van der Waals surface area contributed by atoms with Gasteiger partial charge in [0.1, 0.15) is 0 Å². The van der Waals surface area contributed by atoms with Gasteiger partial charge in [-0.1, -0.05) is 24.3 Å². The second kappa shape index (κ2) is 6.35. The normalized spacial score (nSPS) is 10.5. The van der Waals surface area contributed by atoms with Gasteiger partial charge in [-0.3, -0.25) is 4.98 Å². The Morgan fingerprint density at radius 2 is 1.77 bits per heavy atom. The van der Waals surface area contributed by atoms with Crippen molar-refractivity contribution in [2.24, 2.45) is 0 Å². The molecule has 0 spiro atoms. The van der Waals surface area contributed by atoms with Crippen molar-refractivity contribution >= 4 is 16.6 Å². The molecule has 3 rings (SSSR count). The van der Waals surface area contributed by atoms with Crippen LogP contribution in [0, 0.1) is 0 Å². The van der Waals surface area contributed by atoms with Crippen molar-refractivity contribution in [3.63, 3.8) is 0 Å². The number of ether oxygens (including phenoxy) is 2. The topological polar surface area (TPSA) is 43.4 Å². The van der Waals surface area contributed by atoms with Gasteiger partial charge in [0.2, 0.25) is 0 Å². The predicted octanol–water partition coefficient (Wildman–Crippen LogP) is 3.86. The van der Waals surface area contributed by atoms with E-state index in [1.54, 1.807) is 14.2 Å². The Morgan fingerprint density at radius 1 is 0.955 bits per heavy atom. The largest absolute Gasteiger partial charge is 0.493 e. The highest BCUT2D eigenvalue weighted by molar-refractivity contribution is 5.81. The molecule has 4 nitrogen and oxygen atoms in total. The van der Waals surface area contributed by atoms with Crippen molar-refractivity contribution in [2.75, 3.05) is 19.5 Å². The minimum Gasteiger partial charge on any atom is -0.493 e. The van der Waals surface area contributed by atoms with Crippen molar-refractivity contribution in [2.45, 2.75) is 6.54 Å². The number of aromatic nitrogens is 1. The number of fused-ring (bicyclic) bond motifs is 1. The number of anilines is 1. The molecular formula is C18H18N2O2. The second-order valence-corrected chi connectivity index (χ2v) is 4.96. The van der Waals surface area contributed by atoms with Crippen LogP contribution < -0.4 is 14.8 Å². The molecule has 0 amide bonds. The van der Waals surface area contributed by atoms with Gasteiger partial charge in [-0.25, -0.2) is 0 Å². The summed E-state index contributed by atoms with van der Waals surface area (Å²) in [5, 5.41) is 4.51. The van der Waals surface area contributed by atoms with Crippen LogP contribution in [0.3, 0.4) is 0 Å². The van der Waals surface area contributed by atoms with Crippen molar-refractivity contribution in [3.05, 3.63) is 60.3 Å². The van der Waals surface area contributed by atoms with E-state index >= 15 is 0 Å². The summed E-state index contributed by atoms with van der Waals surface area (Å²) in [7, 11) is 3.28. The molecule has 0 aliphatic rings. The third kappa shape index (κ3) is 2.96. The molecule has 0 unspecified atom stereocenters. The smallest absolute Gasteiger partial charge is 0.161 e. The van der Waals surface area contributed by atoms with Gasteiger partial charge in [0.25, 0.3) is 0 Å². The van der Waals surface area contributed by atoms with Gasteiger partial charge in [-0.15, -0.1) is 0 Å². The number of rotatable bonds is 5. The lowest BCUT2D eigenvalue weighted by Crippen LogP contribution is -2.01. The number of benzene rings is 2. The molecule has 0 saturated carbocycles. The zero-order valence-electron chi connectivity index (χ0n) is 12.7. The average molecular weight is 294 g/mol. The molecular weight excluding hydrogens is 276 g/mol. The Kier molecular flexibility index (Phi) is 4.10. The Balaban J connectivity index is 1.76. The SMILES string of the molecule is COc1ccc(CNc2cnc3ccccc3c2)cc1OC. The van der Waals surface area contributed by atoms with Crippen LogP contribution in [0.4, 0.5) is 5.69 Å². The van der Waals surface area contributed by atoms with E-state index < -0.39 is 0 Å². The maximum atomic E-state index is 5.32. The summed E-state index contributed by atoms with van der Waals surface area (Å²) in [5.74, 6) is 1.47. The standard InChI is InChI=1S/C18H18N2O2/c1-21-17-8-7-13(9-18(17)22-2)11-19-15-10-14-5-3-4-6-16(14)20-12-15/h3-10,12,19H,11H2,1-2H3. The van der Waals surface area contributed by atoms with E-state index in [0.717, 1.165) is 33.7 Å². The number of hydrogen-bond donors (Lipinski definition) is 1. The minimum atomic E-state index is 0.695. The number of methoxy groups -OCH3 is 2. The quantitative estimate of drug-likeness (QED) is 0.776. The van der Waals surface area contributed by atoms with Crippen molar-refractivity contribution in [3.8, 4) is 11.5 Å². The van der Waals surface area contributed by atoms with E-state index in [0.29, 0.717) is 6.54 Å². The molecule has 2 aromatic carbocycles. The highest BCUT2D eigenvalue weighted by atomic mass is 16.5. The average Bonchev–Trinajstić information content (AvgIpc) is 2.59. The van der Waals surface area contributed by atoms with Gasteiger partial charge >= 0.3 is 0 Å². The van der Waals surface area contributed by atoms with Crippen LogP contribution in [-0.2, 0) is 6.54 Å². The summed E-state index contributed by atoms with van der Waals surface area (Å²) in [4.78, 5) is 4.45. The zero-order chi connectivity index (χ0) is 15.4. The molecule has 1 N–H and O–H groups in total. The molecule has 0 fully saturated rings. The first kappa shape index (κ1) is 14.2. The Morgan fingerprint density at radius 3 is 2.59 bits per heavy atom. The summed E-state index contributed by atoms with van der Waals surface area (Å²) in [5.41, 5.74) is 3.11. The number of pyridine rings is 1. The Bertz CT molecular complexity index is 787. The van der Waals surface area contributed by atoms with Crippen LogP contribution >= 0.6 is 0 Å². The van der Waals surface area contributed by atoms with E-state index in [1.165, 1.54) is 0 Å². The second-order valence-electron chi connectivity index (χ2n) is 4.96. The fourth-order valence-corrected chi connectivity index (χ4v) is 2.36. The molecule has 0 radical (unpaired) electrons. The van der Waals surface area contributed by atoms with Crippen molar-refractivity contribution in [1.29, 1.82) is 0 Å². The highest BCUT2D eigenvalue weighted by Gasteiger charge is 2.04. The third-order valence-corrected chi connectivity index (χ3v) is 3.54. The first-order valence-electron chi connectivity index (χ1n) is 7.10. The minimum absolute atomic E-state index is 0.695. The van der Waals surface area contributed by atoms with Crippen LogP contribution in [0.2, 0.25) is 0 Å². The molecule has 1 heterocycles.